The molecule has 5 heteroatoms. The lowest BCUT2D eigenvalue weighted by Gasteiger charge is -2.07. The highest BCUT2D eigenvalue weighted by molar-refractivity contribution is 7.21. The Kier molecular flexibility index (Phi) is 4.50. The monoisotopic (exact) mass is 394 g/mol. The minimum absolute atomic E-state index is 0.716. The fourth-order valence-electron chi connectivity index (χ4n) is 3.43. The molecule has 5 aromatic rings. The minimum Gasteiger partial charge on any atom is -0.260 e. The van der Waals surface area contributed by atoms with E-state index in [4.69, 9.17) is 0 Å². The Hall–Kier alpha value is -3.57. The van der Waals surface area contributed by atoms with Crippen molar-refractivity contribution in [3.05, 3.63) is 90.8 Å². The molecular formula is C24H18N4S. The van der Waals surface area contributed by atoms with Gasteiger partial charge in [-0.15, -0.1) is 11.3 Å². The Morgan fingerprint density at radius 3 is 2.55 bits per heavy atom. The van der Waals surface area contributed by atoms with Crippen molar-refractivity contribution in [2.24, 2.45) is 5.10 Å². The molecule has 140 valence electrons. The zero-order chi connectivity index (χ0) is 19.6. The van der Waals surface area contributed by atoms with Gasteiger partial charge in [-0.25, -0.2) is 9.97 Å². The lowest BCUT2D eigenvalue weighted by Crippen LogP contribution is -2.02. The molecule has 0 saturated heterocycles. The van der Waals surface area contributed by atoms with Crippen molar-refractivity contribution >= 4 is 43.9 Å². The smallest absolute Gasteiger partial charge is 0.158 e. The molecule has 0 radical (unpaired) electrons. The molecule has 0 bridgehead atoms. The van der Waals surface area contributed by atoms with Gasteiger partial charge in [-0.1, -0.05) is 72.8 Å². The molecule has 2 aromatic heterocycles. The Morgan fingerprint density at radius 1 is 0.862 bits per heavy atom. The average Bonchev–Trinajstić information content (AvgIpc) is 3.23. The Labute approximate surface area is 172 Å². The van der Waals surface area contributed by atoms with Crippen molar-refractivity contribution in [2.75, 3.05) is 5.43 Å². The van der Waals surface area contributed by atoms with Crippen LogP contribution in [0.15, 0.2) is 90.3 Å². The summed E-state index contributed by atoms with van der Waals surface area (Å²) in [5.41, 5.74) is 6.35. The Bertz CT molecular complexity index is 1330. The molecule has 5 rings (SSSR count). The van der Waals surface area contributed by atoms with E-state index in [1.165, 1.54) is 21.2 Å². The van der Waals surface area contributed by atoms with Crippen LogP contribution in [0, 0.1) is 0 Å². The lowest BCUT2D eigenvalue weighted by molar-refractivity contribution is 1.18. The van der Waals surface area contributed by atoms with Crippen LogP contribution in [-0.4, -0.2) is 15.7 Å². The molecular weight excluding hydrogens is 376 g/mol. The molecule has 29 heavy (non-hydrogen) atoms. The molecule has 0 aliphatic heterocycles. The molecule has 0 saturated carbocycles. The van der Waals surface area contributed by atoms with Crippen molar-refractivity contribution in [1.82, 2.24) is 9.97 Å². The molecule has 0 fully saturated rings. The van der Waals surface area contributed by atoms with E-state index in [-0.39, 0.29) is 0 Å². The molecule has 4 nitrogen and oxygen atoms in total. The SMILES string of the molecule is C/C(=N\Nc1ncnc2sc(-c3ccccc3)cc12)c1cccc2ccccc12. The van der Waals surface area contributed by atoms with Gasteiger partial charge in [0, 0.05) is 10.4 Å². The first kappa shape index (κ1) is 17.5. The summed E-state index contributed by atoms with van der Waals surface area (Å²) in [7, 11) is 0. The van der Waals surface area contributed by atoms with Crippen LogP contribution in [0.2, 0.25) is 0 Å². The first-order valence-electron chi connectivity index (χ1n) is 9.38. The largest absolute Gasteiger partial charge is 0.260 e. The number of anilines is 1. The maximum atomic E-state index is 4.63. The van der Waals surface area contributed by atoms with Gasteiger partial charge >= 0.3 is 0 Å². The van der Waals surface area contributed by atoms with E-state index in [0.717, 1.165) is 21.5 Å². The summed E-state index contributed by atoms with van der Waals surface area (Å²) in [5, 5.41) is 8.00. The van der Waals surface area contributed by atoms with Gasteiger partial charge in [0.25, 0.3) is 0 Å². The summed E-state index contributed by atoms with van der Waals surface area (Å²) in [6, 6.07) is 27.1. The van der Waals surface area contributed by atoms with Crippen molar-refractivity contribution in [2.45, 2.75) is 6.92 Å². The predicted octanol–water partition coefficient (Wildman–Crippen LogP) is 6.35. The van der Waals surface area contributed by atoms with Crippen LogP contribution in [0.3, 0.4) is 0 Å². The molecule has 0 unspecified atom stereocenters. The van der Waals surface area contributed by atoms with Gasteiger partial charge < -0.3 is 0 Å². The van der Waals surface area contributed by atoms with E-state index < -0.39 is 0 Å². The van der Waals surface area contributed by atoms with Crippen LogP contribution < -0.4 is 5.43 Å². The fraction of sp³-hybridized carbons (Fsp3) is 0.0417. The van der Waals surface area contributed by atoms with E-state index in [9.17, 15) is 0 Å². The molecule has 0 amide bonds. The number of fused-ring (bicyclic) bond motifs is 2. The van der Waals surface area contributed by atoms with Gasteiger partial charge in [0.05, 0.1) is 11.1 Å². The second-order valence-electron chi connectivity index (χ2n) is 6.75. The molecule has 2 heterocycles. The maximum absolute atomic E-state index is 4.63. The van der Waals surface area contributed by atoms with Gasteiger partial charge in [0.2, 0.25) is 0 Å². The van der Waals surface area contributed by atoms with E-state index in [2.05, 4.69) is 81.2 Å². The van der Waals surface area contributed by atoms with Crippen molar-refractivity contribution < 1.29 is 0 Å². The van der Waals surface area contributed by atoms with Crippen LogP contribution >= 0.6 is 11.3 Å². The number of benzene rings is 3. The number of nitrogens with one attached hydrogen (secondary N) is 1. The van der Waals surface area contributed by atoms with Crippen LogP contribution in [0.4, 0.5) is 5.82 Å². The number of nitrogens with zero attached hydrogens (tertiary/aromatic N) is 3. The molecule has 0 aliphatic carbocycles. The minimum atomic E-state index is 0.716. The molecule has 1 N–H and O–H groups in total. The summed E-state index contributed by atoms with van der Waals surface area (Å²) >= 11 is 1.66. The topological polar surface area (TPSA) is 50.2 Å². The number of rotatable bonds is 4. The summed E-state index contributed by atoms with van der Waals surface area (Å²) < 4.78 is 0. The number of thiophene rings is 1. The zero-order valence-electron chi connectivity index (χ0n) is 15.8. The quantitative estimate of drug-likeness (QED) is 0.285. The first-order chi connectivity index (χ1) is 14.3. The molecule has 0 aliphatic rings. The van der Waals surface area contributed by atoms with Crippen molar-refractivity contribution in [1.29, 1.82) is 0 Å². The molecule has 3 aromatic carbocycles. The number of aromatic nitrogens is 2. The fourth-order valence-corrected chi connectivity index (χ4v) is 4.43. The van der Waals surface area contributed by atoms with Crippen LogP contribution in [0.1, 0.15) is 12.5 Å². The van der Waals surface area contributed by atoms with Gasteiger partial charge in [-0.3, -0.25) is 5.43 Å². The van der Waals surface area contributed by atoms with Gasteiger partial charge in [0.1, 0.15) is 11.2 Å². The summed E-state index contributed by atoms with van der Waals surface area (Å²) in [6.07, 6.45) is 1.58. The average molecular weight is 395 g/mol. The predicted molar refractivity (Wildman–Crippen MR) is 123 cm³/mol. The Morgan fingerprint density at radius 2 is 1.66 bits per heavy atom. The van der Waals surface area contributed by atoms with Gasteiger partial charge in [0.15, 0.2) is 5.82 Å². The first-order valence-corrected chi connectivity index (χ1v) is 10.2. The van der Waals surface area contributed by atoms with Gasteiger partial charge in [-0.2, -0.15) is 5.10 Å². The standard InChI is InChI=1S/C24H18N4S/c1-16(19-13-7-11-17-8-5-6-12-20(17)19)27-28-23-21-14-22(18-9-3-2-4-10-18)29-24(21)26-15-25-23/h2-15H,1H3,(H,25,26,28)/b27-16+. The highest BCUT2D eigenvalue weighted by Crippen LogP contribution is 2.34. The summed E-state index contributed by atoms with van der Waals surface area (Å²) in [4.78, 5) is 11.0. The van der Waals surface area contributed by atoms with E-state index in [1.54, 1.807) is 17.7 Å². The number of hydrogen-bond donors (Lipinski definition) is 1. The highest BCUT2D eigenvalue weighted by atomic mass is 32.1. The molecule has 0 atom stereocenters. The third kappa shape index (κ3) is 3.37. The van der Waals surface area contributed by atoms with Gasteiger partial charge in [-0.05, 0) is 29.3 Å². The van der Waals surface area contributed by atoms with E-state index >= 15 is 0 Å². The third-order valence-electron chi connectivity index (χ3n) is 4.90. The van der Waals surface area contributed by atoms with Crippen molar-refractivity contribution in [3.8, 4) is 10.4 Å². The zero-order valence-corrected chi connectivity index (χ0v) is 16.6. The summed E-state index contributed by atoms with van der Waals surface area (Å²) in [5.74, 6) is 0.716. The van der Waals surface area contributed by atoms with Crippen LogP contribution in [-0.2, 0) is 0 Å². The lowest BCUT2D eigenvalue weighted by atomic mass is 10.0. The number of hydrazone groups is 1. The Balaban J connectivity index is 1.51. The second kappa shape index (κ2) is 7.45. The highest BCUT2D eigenvalue weighted by Gasteiger charge is 2.10. The normalized spacial score (nSPS) is 11.8. The summed E-state index contributed by atoms with van der Waals surface area (Å²) in [6.45, 7) is 2.01. The maximum Gasteiger partial charge on any atom is 0.158 e. The van der Waals surface area contributed by atoms with E-state index in [0.29, 0.717) is 5.82 Å². The number of hydrogen-bond acceptors (Lipinski definition) is 5. The molecule has 0 spiro atoms. The second-order valence-corrected chi connectivity index (χ2v) is 7.78. The van der Waals surface area contributed by atoms with Crippen molar-refractivity contribution in [3.63, 3.8) is 0 Å². The van der Waals surface area contributed by atoms with Crippen LogP contribution in [0.25, 0.3) is 31.4 Å². The van der Waals surface area contributed by atoms with E-state index in [1.807, 2.05) is 25.1 Å². The third-order valence-corrected chi connectivity index (χ3v) is 5.99. The van der Waals surface area contributed by atoms with Crippen LogP contribution in [0.5, 0.6) is 0 Å².